The van der Waals surface area contributed by atoms with Gasteiger partial charge >= 0.3 is 5.97 Å². The van der Waals surface area contributed by atoms with Crippen molar-refractivity contribution in [3.05, 3.63) is 72.2 Å². The molecule has 0 atom stereocenters. The zero-order valence-corrected chi connectivity index (χ0v) is 15.3. The predicted octanol–water partition coefficient (Wildman–Crippen LogP) is 3.27. The van der Waals surface area contributed by atoms with Crippen LogP contribution in [0.5, 0.6) is 5.75 Å². The van der Waals surface area contributed by atoms with Gasteiger partial charge in [0.25, 0.3) is 5.91 Å². The van der Waals surface area contributed by atoms with Crippen molar-refractivity contribution in [1.29, 1.82) is 0 Å². The fraction of sp³-hybridized carbons (Fsp3) is 0.100. The standard InChI is InChI=1S/C20H18N4O4/c1-27-16-8-4-7-15(10-16)23-18-12-21-17(11-22-18)19(25)24-14-6-3-5-13(9-14)20(26)28-2/h3-12H,1-2H3,(H,22,23)(H,24,25). The van der Waals surface area contributed by atoms with E-state index in [1.54, 1.807) is 25.3 Å². The molecule has 2 N–H and O–H groups in total. The second-order valence-electron chi connectivity index (χ2n) is 5.67. The lowest BCUT2D eigenvalue weighted by atomic mass is 10.2. The molecule has 142 valence electrons. The lowest BCUT2D eigenvalue weighted by Crippen LogP contribution is -2.14. The first-order valence-electron chi connectivity index (χ1n) is 8.32. The number of rotatable bonds is 6. The Morgan fingerprint density at radius 1 is 0.929 bits per heavy atom. The summed E-state index contributed by atoms with van der Waals surface area (Å²) in [6.45, 7) is 0. The zero-order valence-electron chi connectivity index (χ0n) is 15.3. The zero-order chi connectivity index (χ0) is 19.9. The van der Waals surface area contributed by atoms with Crippen molar-refractivity contribution >= 4 is 29.1 Å². The number of methoxy groups -OCH3 is 2. The average Bonchev–Trinajstić information content (AvgIpc) is 2.74. The Hall–Kier alpha value is -3.94. The summed E-state index contributed by atoms with van der Waals surface area (Å²) in [6.07, 6.45) is 2.82. The molecule has 0 aliphatic carbocycles. The summed E-state index contributed by atoms with van der Waals surface area (Å²) in [4.78, 5) is 32.3. The van der Waals surface area contributed by atoms with Gasteiger partial charge in [0.2, 0.25) is 0 Å². The Morgan fingerprint density at radius 2 is 1.71 bits per heavy atom. The Bertz CT molecular complexity index is 990. The molecular formula is C20H18N4O4. The molecule has 0 saturated carbocycles. The van der Waals surface area contributed by atoms with Crippen LogP contribution in [0.3, 0.4) is 0 Å². The molecule has 0 unspecified atom stereocenters. The van der Waals surface area contributed by atoms with Gasteiger partial charge in [-0.15, -0.1) is 0 Å². The summed E-state index contributed by atoms with van der Waals surface area (Å²) < 4.78 is 9.84. The number of hydrogen-bond acceptors (Lipinski definition) is 7. The summed E-state index contributed by atoms with van der Waals surface area (Å²) in [6, 6.07) is 13.8. The highest BCUT2D eigenvalue weighted by Gasteiger charge is 2.11. The minimum Gasteiger partial charge on any atom is -0.497 e. The summed E-state index contributed by atoms with van der Waals surface area (Å²) >= 11 is 0. The maximum absolute atomic E-state index is 12.4. The van der Waals surface area contributed by atoms with Crippen LogP contribution >= 0.6 is 0 Å². The molecule has 28 heavy (non-hydrogen) atoms. The molecule has 1 amide bonds. The van der Waals surface area contributed by atoms with Crippen LogP contribution in [0.25, 0.3) is 0 Å². The molecule has 0 fully saturated rings. The molecule has 3 rings (SSSR count). The van der Waals surface area contributed by atoms with Crippen molar-refractivity contribution in [3.63, 3.8) is 0 Å². The van der Waals surface area contributed by atoms with Crippen LogP contribution in [0.15, 0.2) is 60.9 Å². The van der Waals surface area contributed by atoms with E-state index in [0.29, 0.717) is 22.8 Å². The highest BCUT2D eigenvalue weighted by atomic mass is 16.5. The lowest BCUT2D eigenvalue weighted by Gasteiger charge is -2.08. The first-order chi connectivity index (χ1) is 13.6. The number of aromatic nitrogens is 2. The van der Waals surface area contributed by atoms with Gasteiger partial charge in [-0.2, -0.15) is 0 Å². The van der Waals surface area contributed by atoms with Crippen LogP contribution < -0.4 is 15.4 Å². The smallest absolute Gasteiger partial charge is 0.337 e. The van der Waals surface area contributed by atoms with Crippen molar-refractivity contribution in [2.75, 3.05) is 24.9 Å². The highest BCUT2D eigenvalue weighted by molar-refractivity contribution is 6.03. The summed E-state index contributed by atoms with van der Waals surface area (Å²) in [5, 5.41) is 5.76. The van der Waals surface area contributed by atoms with Crippen LogP contribution in [0, 0.1) is 0 Å². The van der Waals surface area contributed by atoms with E-state index in [1.165, 1.54) is 25.6 Å². The minimum atomic E-state index is -0.483. The number of nitrogens with zero attached hydrogens (tertiary/aromatic N) is 2. The van der Waals surface area contributed by atoms with Crippen molar-refractivity contribution in [3.8, 4) is 5.75 Å². The molecule has 1 heterocycles. The number of carbonyl (C=O) groups is 2. The van der Waals surface area contributed by atoms with Gasteiger partial charge in [-0.1, -0.05) is 12.1 Å². The Balaban J connectivity index is 1.67. The number of esters is 1. The van der Waals surface area contributed by atoms with E-state index in [1.807, 2.05) is 24.3 Å². The molecule has 0 spiro atoms. The van der Waals surface area contributed by atoms with E-state index in [9.17, 15) is 9.59 Å². The predicted molar refractivity (Wildman–Crippen MR) is 104 cm³/mol. The number of hydrogen-bond donors (Lipinski definition) is 2. The number of anilines is 3. The number of amides is 1. The third kappa shape index (κ3) is 4.61. The molecule has 0 aliphatic rings. The molecule has 0 saturated heterocycles. The van der Waals surface area contributed by atoms with Crippen LogP contribution in [-0.4, -0.2) is 36.1 Å². The van der Waals surface area contributed by atoms with Gasteiger partial charge in [0.15, 0.2) is 0 Å². The molecule has 1 aromatic heterocycles. The first-order valence-corrected chi connectivity index (χ1v) is 8.32. The van der Waals surface area contributed by atoms with Gasteiger partial charge in [0, 0.05) is 17.4 Å². The quantitative estimate of drug-likeness (QED) is 0.635. The largest absolute Gasteiger partial charge is 0.497 e. The van der Waals surface area contributed by atoms with Gasteiger partial charge in [0.05, 0.1) is 32.2 Å². The van der Waals surface area contributed by atoms with Gasteiger partial charge in [-0.05, 0) is 30.3 Å². The number of benzene rings is 2. The highest BCUT2D eigenvalue weighted by Crippen LogP contribution is 2.20. The Labute approximate surface area is 161 Å². The van der Waals surface area contributed by atoms with Crippen LogP contribution in [0.4, 0.5) is 17.2 Å². The van der Waals surface area contributed by atoms with Crippen LogP contribution in [0.1, 0.15) is 20.8 Å². The van der Waals surface area contributed by atoms with E-state index in [0.717, 1.165) is 5.69 Å². The van der Waals surface area contributed by atoms with E-state index in [4.69, 9.17) is 4.74 Å². The van der Waals surface area contributed by atoms with Gasteiger partial charge < -0.3 is 20.1 Å². The second-order valence-corrected chi connectivity index (χ2v) is 5.67. The third-order valence-electron chi connectivity index (χ3n) is 3.77. The van der Waals surface area contributed by atoms with Gasteiger partial charge in [-0.25, -0.2) is 14.8 Å². The van der Waals surface area contributed by atoms with Crippen molar-refractivity contribution < 1.29 is 19.1 Å². The minimum absolute atomic E-state index is 0.139. The maximum Gasteiger partial charge on any atom is 0.337 e. The number of nitrogens with one attached hydrogen (secondary N) is 2. The van der Waals surface area contributed by atoms with Gasteiger partial charge in [0.1, 0.15) is 17.3 Å². The maximum atomic E-state index is 12.4. The third-order valence-corrected chi connectivity index (χ3v) is 3.77. The van der Waals surface area contributed by atoms with E-state index in [2.05, 4.69) is 25.3 Å². The van der Waals surface area contributed by atoms with Crippen LogP contribution in [0.2, 0.25) is 0 Å². The summed E-state index contributed by atoms with van der Waals surface area (Å²) in [5.41, 5.74) is 1.71. The molecule has 3 aromatic rings. The molecule has 0 aliphatic heterocycles. The number of carbonyl (C=O) groups excluding carboxylic acids is 2. The number of ether oxygens (including phenoxy) is 2. The van der Waals surface area contributed by atoms with E-state index < -0.39 is 11.9 Å². The fourth-order valence-corrected chi connectivity index (χ4v) is 2.40. The molecule has 0 bridgehead atoms. The van der Waals surface area contributed by atoms with Crippen molar-refractivity contribution in [1.82, 2.24) is 9.97 Å². The Morgan fingerprint density at radius 3 is 2.43 bits per heavy atom. The molecule has 2 aromatic carbocycles. The summed E-state index contributed by atoms with van der Waals surface area (Å²) in [7, 11) is 2.89. The second kappa shape index (κ2) is 8.63. The van der Waals surface area contributed by atoms with Crippen LogP contribution in [-0.2, 0) is 4.74 Å². The molecule has 8 heteroatoms. The normalized spacial score (nSPS) is 10.1. The van der Waals surface area contributed by atoms with Crippen molar-refractivity contribution in [2.45, 2.75) is 0 Å². The first kappa shape index (κ1) is 18.8. The molecule has 0 radical (unpaired) electrons. The molecular weight excluding hydrogens is 360 g/mol. The van der Waals surface area contributed by atoms with E-state index in [-0.39, 0.29) is 5.69 Å². The Kier molecular flexibility index (Phi) is 5.81. The van der Waals surface area contributed by atoms with Crippen molar-refractivity contribution in [2.24, 2.45) is 0 Å². The molecule has 8 nitrogen and oxygen atoms in total. The average molecular weight is 378 g/mol. The summed E-state index contributed by atoms with van der Waals surface area (Å²) in [5.74, 6) is 0.270. The van der Waals surface area contributed by atoms with Gasteiger partial charge in [-0.3, -0.25) is 4.79 Å². The van der Waals surface area contributed by atoms with E-state index >= 15 is 0 Å². The fourth-order valence-electron chi connectivity index (χ4n) is 2.40. The monoisotopic (exact) mass is 378 g/mol. The topological polar surface area (TPSA) is 102 Å². The lowest BCUT2D eigenvalue weighted by molar-refractivity contribution is 0.0600. The SMILES string of the molecule is COC(=O)c1cccc(NC(=O)c2cnc(Nc3cccc(OC)c3)cn2)c1.